The summed E-state index contributed by atoms with van der Waals surface area (Å²) in [4.78, 5) is 28.6. The van der Waals surface area contributed by atoms with Crippen molar-refractivity contribution in [3.8, 4) is 0 Å². The van der Waals surface area contributed by atoms with Crippen LogP contribution in [0.1, 0.15) is 33.6 Å². The molecule has 21 heavy (non-hydrogen) atoms. The molecule has 3 rings (SSSR count). The van der Waals surface area contributed by atoms with Crippen LogP contribution in [0.15, 0.2) is 24.3 Å². The Kier molecular flexibility index (Phi) is 3.92. The van der Waals surface area contributed by atoms with E-state index in [9.17, 15) is 9.59 Å². The Bertz CT molecular complexity index is 546. The van der Waals surface area contributed by atoms with Crippen molar-refractivity contribution in [2.75, 3.05) is 33.2 Å². The van der Waals surface area contributed by atoms with E-state index < -0.39 is 0 Å². The molecule has 1 saturated carbocycles. The lowest BCUT2D eigenvalue weighted by molar-refractivity contribution is 0.0664. The number of nitrogens with zero attached hydrogens (tertiary/aromatic N) is 2. The predicted molar refractivity (Wildman–Crippen MR) is 80.3 cm³/mol. The normalized spacial score (nSPS) is 19.4. The van der Waals surface area contributed by atoms with Crippen molar-refractivity contribution in [2.24, 2.45) is 0 Å². The third-order valence-electron chi connectivity index (χ3n) is 4.07. The van der Waals surface area contributed by atoms with Gasteiger partial charge in [-0.05, 0) is 38.1 Å². The molecule has 1 aliphatic carbocycles. The number of carbonyl (C=O) groups is 2. The molecule has 5 nitrogen and oxygen atoms in total. The summed E-state index contributed by atoms with van der Waals surface area (Å²) >= 11 is 0. The van der Waals surface area contributed by atoms with Gasteiger partial charge >= 0.3 is 0 Å². The molecular formula is C16H21N3O2. The van der Waals surface area contributed by atoms with Crippen molar-refractivity contribution in [3.05, 3.63) is 35.4 Å². The van der Waals surface area contributed by atoms with Gasteiger partial charge in [-0.3, -0.25) is 9.59 Å². The average molecular weight is 287 g/mol. The molecule has 2 fully saturated rings. The number of nitrogens with one attached hydrogen (secondary N) is 1. The van der Waals surface area contributed by atoms with Gasteiger partial charge in [0.25, 0.3) is 11.8 Å². The number of hydrogen-bond acceptors (Lipinski definition) is 3. The van der Waals surface area contributed by atoms with Gasteiger partial charge in [0.2, 0.25) is 0 Å². The molecule has 2 amide bonds. The summed E-state index contributed by atoms with van der Waals surface area (Å²) in [6.45, 7) is 3.28. The highest BCUT2D eigenvalue weighted by Gasteiger charge is 2.25. The topological polar surface area (TPSA) is 52.7 Å². The smallest absolute Gasteiger partial charge is 0.253 e. The van der Waals surface area contributed by atoms with Crippen LogP contribution in [0.25, 0.3) is 0 Å². The molecule has 1 aromatic rings. The predicted octanol–water partition coefficient (Wildman–Crippen LogP) is 0.966. The van der Waals surface area contributed by atoms with Crippen LogP contribution >= 0.6 is 0 Å². The first-order chi connectivity index (χ1) is 10.1. The maximum atomic E-state index is 12.5. The molecule has 1 heterocycles. The Morgan fingerprint density at radius 1 is 1.10 bits per heavy atom. The fourth-order valence-electron chi connectivity index (χ4n) is 2.48. The molecule has 112 valence electrons. The van der Waals surface area contributed by atoms with E-state index in [1.165, 1.54) is 0 Å². The third-order valence-corrected chi connectivity index (χ3v) is 4.07. The van der Waals surface area contributed by atoms with Crippen molar-refractivity contribution < 1.29 is 9.59 Å². The van der Waals surface area contributed by atoms with Gasteiger partial charge in [0.15, 0.2) is 0 Å². The third kappa shape index (κ3) is 3.42. The van der Waals surface area contributed by atoms with Crippen molar-refractivity contribution >= 4 is 11.8 Å². The van der Waals surface area contributed by atoms with Gasteiger partial charge in [-0.2, -0.15) is 0 Å². The zero-order valence-electron chi connectivity index (χ0n) is 12.3. The number of hydrogen-bond donors (Lipinski definition) is 1. The van der Waals surface area contributed by atoms with Crippen LogP contribution in [0.4, 0.5) is 0 Å². The van der Waals surface area contributed by atoms with Gasteiger partial charge < -0.3 is 15.1 Å². The standard InChI is InChI=1S/C16H21N3O2/c1-18-7-9-19(10-8-18)16(21)13-4-2-3-12(11-13)15(20)17-14-5-6-14/h2-4,11,14H,5-10H2,1H3,(H,17,20). The van der Waals surface area contributed by atoms with E-state index >= 15 is 0 Å². The van der Waals surface area contributed by atoms with Gasteiger partial charge in [-0.1, -0.05) is 6.07 Å². The van der Waals surface area contributed by atoms with Gasteiger partial charge in [0.1, 0.15) is 0 Å². The molecule has 5 heteroatoms. The first-order valence-electron chi connectivity index (χ1n) is 7.52. The van der Waals surface area contributed by atoms with E-state index in [2.05, 4.69) is 17.3 Å². The fourth-order valence-corrected chi connectivity index (χ4v) is 2.48. The Hall–Kier alpha value is -1.88. The number of piperazine rings is 1. The van der Waals surface area contributed by atoms with Crippen molar-refractivity contribution in [3.63, 3.8) is 0 Å². The second-order valence-electron chi connectivity index (χ2n) is 5.92. The minimum Gasteiger partial charge on any atom is -0.349 e. The van der Waals surface area contributed by atoms with Gasteiger partial charge in [0, 0.05) is 43.3 Å². The highest BCUT2D eigenvalue weighted by Crippen LogP contribution is 2.19. The molecule has 1 aromatic carbocycles. The maximum Gasteiger partial charge on any atom is 0.253 e. The largest absolute Gasteiger partial charge is 0.349 e. The van der Waals surface area contributed by atoms with Gasteiger partial charge in [-0.25, -0.2) is 0 Å². The Morgan fingerprint density at radius 2 is 1.76 bits per heavy atom. The summed E-state index contributed by atoms with van der Waals surface area (Å²) < 4.78 is 0. The summed E-state index contributed by atoms with van der Waals surface area (Å²) in [7, 11) is 2.06. The lowest BCUT2D eigenvalue weighted by Crippen LogP contribution is -2.47. The second-order valence-corrected chi connectivity index (χ2v) is 5.92. The minimum absolute atomic E-state index is 0.0178. The highest BCUT2D eigenvalue weighted by atomic mass is 16.2. The monoisotopic (exact) mass is 287 g/mol. The first-order valence-corrected chi connectivity index (χ1v) is 7.52. The summed E-state index contributed by atoms with van der Waals surface area (Å²) in [5, 5.41) is 2.95. The van der Waals surface area contributed by atoms with Crippen LogP contribution in [0.2, 0.25) is 0 Å². The average Bonchev–Trinajstić information content (AvgIpc) is 3.31. The molecule has 0 bridgehead atoms. The van der Waals surface area contributed by atoms with E-state index in [-0.39, 0.29) is 11.8 Å². The van der Waals surface area contributed by atoms with E-state index in [1.807, 2.05) is 4.90 Å². The Labute approximate surface area is 124 Å². The van der Waals surface area contributed by atoms with Crippen molar-refractivity contribution in [2.45, 2.75) is 18.9 Å². The molecule has 0 spiro atoms. The van der Waals surface area contributed by atoms with Gasteiger partial charge in [0.05, 0.1) is 0 Å². The summed E-state index contributed by atoms with van der Waals surface area (Å²) in [6.07, 6.45) is 2.12. The summed E-state index contributed by atoms with van der Waals surface area (Å²) in [6, 6.07) is 7.37. The molecule has 1 saturated heterocycles. The molecule has 2 aliphatic rings. The quantitative estimate of drug-likeness (QED) is 0.901. The van der Waals surface area contributed by atoms with Gasteiger partial charge in [-0.15, -0.1) is 0 Å². The molecule has 1 aliphatic heterocycles. The Balaban J connectivity index is 1.69. The second kappa shape index (κ2) is 5.85. The van der Waals surface area contributed by atoms with Crippen LogP contribution in [-0.2, 0) is 0 Å². The first kappa shape index (κ1) is 14.1. The van der Waals surface area contributed by atoms with Crippen molar-refractivity contribution in [1.29, 1.82) is 0 Å². The molecule has 0 radical (unpaired) electrons. The number of likely N-dealkylation sites (N-methyl/N-ethyl adjacent to an activating group) is 1. The molecule has 0 atom stereocenters. The zero-order chi connectivity index (χ0) is 14.8. The highest BCUT2D eigenvalue weighted by molar-refractivity contribution is 5.99. The summed E-state index contributed by atoms with van der Waals surface area (Å²) in [5.41, 5.74) is 1.17. The van der Waals surface area contributed by atoms with Crippen LogP contribution in [0, 0.1) is 0 Å². The van der Waals surface area contributed by atoms with Crippen LogP contribution in [0.5, 0.6) is 0 Å². The molecular weight excluding hydrogens is 266 g/mol. The van der Waals surface area contributed by atoms with E-state index in [1.54, 1.807) is 24.3 Å². The molecule has 1 N–H and O–H groups in total. The SMILES string of the molecule is CN1CCN(C(=O)c2cccc(C(=O)NC3CC3)c2)CC1. The summed E-state index contributed by atoms with van der Waals surface area (Å²) in [5.74, 6) is -0.0605. The van der Waals surface area contributed by atoms with Crippen LogP contribution < -0.4 is 5.32 Å². The molecule has 0 aromatic heterocycles. The zero-order valence-corrected chi connectivity index (χ0v) is 12.3. The molecule has 0 unspecified atom stereocenters. The van der Waals surface area contributed by atoms with E-state index in [0.29, 0.717) is 17.2 Å². The number of rotatable bonds is 3. The lowest BCUT2D eigenvalue weighted by atomic mass is 10.1. The van der Waals surface area contributed by atoms with Crippen LogP contribution in [-0.4, -0.2) is 60.9 Å². The van der Waals surface area contributed by atoms with Crippen LogP contribution in [0.3, 0.4) is 0 Å². The minimum atomic E-state index is -0.0782. The van der Waals surface area contributed by atoms with Crippen molar-refractivity contribution in [1.82, 2.24) is 15.1 Å². The fraction of sp³-hybridized carbons (Fsp3) is 0.500. The lowest BCUT2D eigenvalue weighted by Gasteiger charge is -2.32. The maximum absolute atomic E-state index is 12.5. The number of amides is 2. The Morgan fingerprint density at radius 3 is 2.43 bits per heavy atom. The number of benzene rings is 1. The number of carbonyl (C=O) groups excluding carboxylic acids is 2. The van der Waals surface area contributed by atoms with E-state index in [0.717, 1.165) is 39.0 Å². The van der Waals surface area contributed by atoms with E-state index in [4.69, 9.17) is 0 Å².